The molecular formula is C15H28N2O. The Morgan fingerprint density at radius 2 is 1.83 bits per heavy atom. The molecule has 3 nitrogen and oxygen atoms in total. The molecule has 0 radical (unpaired) electrons. The predicted molar refractivity (Wildman–Crippen MR) is 74.0 cm³/mol. The molecule has 2 aliphatic carbocycles. The Morgan fingerprint density at radius 1 is 1.11 bits per heavy atom. The highest BCUT2D eigenvalue weighted by molar-refractivity contribution is 5.79. The Morgan fingerprint density at radius 3 is 2.56 bits per heavy atom. The quantitative estimate of drug-likeness (QED) is 0.793. The van der Waals surface area contributed by atoms with Crippen LogP contribution in [0.1, 0.15) is 58.8 Å². The Balaban J connectivity index is 1.86. The molecule has 104 valence electrons. The van der Waals surface area contributed by atoms with Gasteiger partial charge in [0.25, 0.3) is 0 Å². The van der Waals surface area contributed by atoms with Gasteiger partial charge in [0.05, 0.1) is 5.92 Å². The van der Waals surface area contributed by atoms with Gasteiger partial charge < -0.3 is 11.1 Å². The first-order chi connectivity index (χ1) is 8.58. The molecule has 2 fully saturated rings. The number of rotatable bonds is 2. The first-order valence-electron chi connectivity index (χ1n) is 7.64. The minimum atomic E-state index is 0.0472. The van der Waals surface area contributed by atoms with Gasteiger partial charge in [-0.15, -0.1) is 0 Å². The third kappa shape index (κ3) is 3.25. The van der Waals surface area contributed by atoms with Gasteiger partial charge in [-0.25, -0.2) is 0 Å². The Labute approximate surface area is 111 Å². The summed E-state index contributed by atoms with van der Waals surface area (Å²) in [5, 5.41) is 3.25. The summed E-state index contributed by atoms with van der Waals surface area (Å²) in [6.07, 6.45) is 8.14. The number of nitrogens with one attached hydrogen (secondary N) is 1. The van der Waals surface area contributed by atoms with Crippen LogP contribution >= 0.6 is 0 Å². The zero-order chi connectivity index (χ0) is 13.1. The molecule has 0 aromatic heterocycles. The normalized spacial score (nSPS) is 41.4. The van der Waals surface area contributed by atoms with Crippen molar-refractivity contribution < 1.29 is 4.79 Å². The molecule has 0 aromatic rings. The van der Waals surface area contributed by atoms with Gasteiger partial charge in [0.1, 0.15) is 0 Å². The zero-order valence-corrected chi connectivity index (χ0v) is 11.8. The van der Waals surface area contributed by atoms with Gasteiger partial charge >= 0.3 is 0 Å². The summed E-state index contributed by atoms with van der Waals surface area (Å²) in [6, 6.07) is 0.449. The van der Waals surface area contributed by atoms with Crippen molar-refractivity contribution in [2.45, 2.75) is 70.9 Å². The van der Waals surface area contributed by atoms with Crippen molar-refractivity contribution in [3.05, 3.63) is 0 Å². The molecule has 0 spiro atoms. The average molecular weight is 252 g/mol. The highest BCUT2D eigenvalue weighted by Crippen LogP contribution is 2.29. The first-order valence-corrected chi connectivity index (χ1v) is 7.64. The maximum absolute atomic E-state index is 12.3. The molecule has 2 aliphatic rings. The Kier molecular flexibility index (Phi) is 4.66. The van der Waals surface area contributed by atoms with Crippen molar-refractivity contribution in [1.29, 1.82) is 0 Å². The van der Waals surface area contributed by atoms with Gasteiger partial charge in [-0.2, -0.15) is 0 Å². The number of carbonyl (C=O) groups excluding carboxylic acids is 1. The lowest BCUT2D eigenvalue weighted by Crippen LogP contribution is -2.50. The highest BCUT2D eigenvalue weighted by atomic mass is 16.2. The maximum Gasteiger partial charge on any atom is 0.224 e. The molecule has 0 bridgehead atoms. The van der Waals surface area contributed by atoms with Crippen LogP contribution in [0.15, 0.2) is 0 Å². The van der Waals surface area contributed by atoms with Crippen LogP contribution in [-0.2, 0) is 4.79 Å². The number of hydrogen-bond donors (Lipinski definition) is 2. The molecule has 5 atom stereocenters. The van der Waals surface area contributed by atoms with E-state index < -0.39 is 0 Å². The van der Waals surface area contributed by atoms with Crippen LogP contribution in [0.2, 0.25) is 0 Å². The van der Waals surface area contributed by atoms with Gasteiger partial charge in [-0.3, -0.25) is 4.79 Å². The van der Waals surface area contributed by atoms with Crippen molar-refractivity contribution >= 4 is 5.91 Å². The second-order valence-corrected chi connectivity index (χ2v) is 6.57. The number of amides is 1. The molecular weight excluding hydrogens is 224 g/mol. The molecule has 18 heavy (non-hydrogen) atoms. The zero-order valence-electron chi connectivity index (χ0n) is 11.8. The minimum Gasteiger partial charge on any atom is -0.353 e. The van der Waals surface area contributed by atoms with E-state index in [4.69, 9.17) is 5.73 Å². The van der Waals surface area contributed by atoms with Gasteiger partial charge in [-0.05, 0) is 37.5 Å². The number of carbonyl (C=O) groups is 1. The van der Waals surface area contributed by atoms with Crippen LogP contribution in [0.5, 0.6) is 0 Å². The van der Waals surface area contributed by atoms with E-state index in [9.17, 15) is 4.79 Å². The van der Waals surface area contributed by atoms with Crippen LogP contribution in [0, 0.1) is 17.8 Å². The molecule has 2 rings (SSSR count). The van der Waals surface area contributed by atoms with Crippen molar-refractivity contribution in [3.63, 3.8) is 0 Å². The molecule has 5 unspecified atom stereocenters. The summed E-state index contributed by atoms with van der Waals surface area (Å²) in [5.41, 5.74) is 6.19. The van der Waals surface area contributed by atoms with Crippen molar-refractivity contribution in [1.82, 2.24) is 5.32 Å². The van der Waals surface area contributed by atoms with Gasteiger partial charge in [0.15, 0.2) is 0 Å². The fourth-order valence-electron chi connectivity index (χ4n) is 3.62. The third-order valence-electron chi connectivity index (χ3n) is 4.92. The van der Waals surface area contributed by atoms with Crippen molar-refractivity contribution in [3.8, 4) is 0 Å². The summed E-state index contributed by atoms with van der Waals surface area (Å²) in [7, 11) is 0. The fourth-order valence-corrected chi connectivity index (χ4v) is 3.62. The lowest BCUT2D eigenvalue weighted by atomic mass is 9.77. The number of nitrogens with two attached hydrogens (primary N) is 1. The topological polar surface area (TPSA) is 55.1 Å². The SMILES string of the molecule is CC1CCCC(NC(=O)C2CCCC(C)C2N)C1. The minimum absolute atomic E-state index is 0.0472. The Hall–Kier alpha value is -0.570. The standard InChI is InChI=1S/C15H28N2O/c1-10-5-3-7-12(9-10)17-15(18)13-8-4-6-11(2)14(13)16/h10-14H,3-9,16H2,1-2H3,(H,17,18). The molecule has 3 N–H and O–H groups in total. The van der Waals surface area contributed by atoms with Crippen LogP contribution < -0.4 is 11.1 Å². The van der Waals surface area contributed by atoms with E-state index in [1.54, 1.807) is 0 Å². The monoisotopic (exact) mass is 252 g/mol. The highest BCUT2D eigenvalue weighted by Gasteiger charge is 2.34. The van der Waals surface area contributed by atoms with Crippen LogP contribution in [-0.4, -0.2) is 18.0 Å². The smallest absolute Gasteiger partial charge is 0.224 e. The predicted octanol–water partition coefficient (Wildman–Crippen LogP) is 2.44. The van der Waals surface area contributed by atoms with E-state index in [1.165, 1.54) is 19.3 Å². The van der Waals surface area contributed by atoms with E-state index in [-0.39, 0.29) is 17.9 Å². The van der Waals surface area contributed by atoms with Gasteiger partial charge in [-0.1, -0.05) is 33.1 Å². The van der Waals surface area contributed by atoms with E-state index in [2.05, 4.69) is 19.2 Å². The fraction of sp³-hybridized carbons (Fsp3) is 0.933. The summed E-state index contributed by atoms with van der Waals surface area (Å²) in [4.78, 5) is 12.3. The lowest BCUT2D eigenvalue weighted by molar-refractivity contribution is -0.128. The van der Waals surface area contributed by atoms with E-state index in [0.29, 0.717) is 12.0 Å². The van der Waals surface area contributed by atoms with E-state index in [0.717, 1.165) is 31.6 Å². The van der Waals surface area contributed by atoms with Crippen LogP contribution in [0.4, 0.5) is 0 Å². The first kappa shape index (κ1) is 13.9. The molecule has 0 heterocycles. The van der Waals surface area contributed by atoms with E-state index in [1.807, 2.05) is 0 Å². The molecule has 0 aromatic carbocycles. The number of hydrogen-bond acceptors (Lipinski definition) is 2. The summed E-state index contributed by atoms with van der Waals surface area (Å²) in [5.74, 6) is 1.50. The van der Waals surface area contributed by atoms with Gasteiger partial charge in [0, 0.05) is 12.1 Å². The second-order valence-electron chi connectivity index (χ2n) is 6.57. The summed E-state index contributed by atoms with van der Waals surface area (Å²) in [6.45, 7) is 4.46. The van der Waals surface area contributed by atoms with Crippen LogP contribution in [0.25, 0.3) is 0 Å². The molecule has 1 amide bonds. The van der Waals surface area contributed by atoms with Gasteiger partial charge in [0.2, 0.25) is 5.91 Å². The molecule has 0 saturated heterocycles. The largest absolute Gasteiger partial charge is 0.353 e. The molecule has 2 saturated carbocycles. The maximum atomic E-state index is 12.3. The van der Waals surface area contributed by atoms with Crippen molar-refractivity contribution in [2.75, 3.05) is 0 Å². The summed E-state index contributed by atoms with van der Waals surface area (Å²) < 4.78 is 0. The van der Waals surface area contributed by atoms with E-state index >= 15 is 0 Å². The second kappa shape index (κ2) is 6.05. The Bertz CT molecular complexity index is 292. The average Bonchev–Trinajstić information content (AvgIpc) is 2.32. The van der Waals surface area contributed by atoms with Crippen molar-refractivity contribution in [2.24, 2.45) is 23.5 Å². The third-order valence-corrected chi connectivity index (χ3v) is 4.92. The van der Waals surface area contributed by atoms with Crippen LogP contribution in [0.3, 0.4) is 0 Å². The summed E-state index contributed by atoms with van der Waals surface area (Å²) >= 11 is 0. The lowest BCUT2D eigenvalue weighted by Gasteiger charge is -2.35. The molecule has 3 heteroatoms. The molecule has 0 aliphatic heterocycles.